The molecule has 0 aromatic carbocycles. The topological polar surface area (TPSA) is 113 Å². The van der Waals surface area contributed by atoms with Crippen LogP contribution in [0.4, 0.5) is 11.8 Å². The zero-order valence-corrected chi connectivity index (χ0v) is 15.0. The third-order valence-electron chi connectivity index (χ3n) is 4.90. The molecule has 0 unspecified atom stereocenters. The number of aromatic nitrogens is 4. The Hall–Kier alpha value is -2.68. The normalized spacial score (nSPS) is 20.1. The maximum Gasteiger partial charge on any atom is 0.254 e. The van der Waals surface area contributed by atoms with Gasteiger partial charge in [0.25, 0.3) is 5.56 Å². The molecule has 2 aromatic heterocycles. The highest BCUT2D eigenvalue weighted by atomic mass is 16.5. The second-order valence-corrected chi connectivity index (χ2v) is 6.86. The summed E-state index contributed by atoms with van der Waals surface area (Å²) in [4.78, 5) is 31.6. The van der Waals surface area contributed by atoms with E-state index in [-0.39, 0.29) is 17.6 Å². The Labute approximate surface area is 151 Å². The number of nitrogens with two attached hydrogens (primary N) is 1. The van der Waals surface area contributed by atoms with Crippen molar-refractivity contribution in [1.82, 2.24) is 24.8 Å². The molecule has 1 saturated heterocycles. The lowest BCUT2D eigenvalue weighted by atomic mass is 10.1. The molecule has 0 bridgehead atoms. The van der Waals surface area contributed by atoms with Crippen LogP contribution in [-0.2, 0) is 6.42 Å². The van der Waals surface area contributed by atoms with Crippen LogP contribution in [0.5, 0.6) is 5.88 Å². The number of aryl methyl sites for hydroxylation is 2. The van der Waals surface area contributed by atoms with Gasteiger partial charge in [0.1, 0.15) is 17.7 Å². The van der Waals surface area contributed by atoms with Crippen molar-refractivity contribution in [2.45, 2.75) is 26.4 Å². The maximum atomic E-state index is 11.6. The molecule has 4 heterocycles. The Bertz CT molecular complexity index is 874. The summed E-state index contributed by atoms with van der Waals surface area (Å²) in [7, 11) is 0. The lowest BCUT2D eigenvalue weighted by Gasteiger charge is -2.36. The number of hydrogen-bond donors (Lipinski definition) is 2. The lowest BCUT2D eigenvalue weighted by Crippen LogP contribution is -2.49. The van der Waals surface area contributed by atoms with E-state index in [2.05, 4.69) is 29.7 Å². The second kappa shape index (κ2) is 6.56. The van der Waals surface area contributed by atoms with E-state index < -0.39 is 0 Å². The Balaban J connectivity index is 1.35. The number of H-pyrrole nitrogens is 1. The van der Waals surface area contributed by atoms with Crippen molar-refractivity contribution in [3.8, 4) is 5.88 Å². The van der Waals surface area contributed by atoms with Gasteiger partial charge in [-0.2, -0.15) is 9.97 Å². The summed E-state index contributed by atoms with van der Waals surface area (Å²) >= 11 is 0. The smallest absolute Gasteiger partial charge is 0.254 e. The first-order valence-electron chi connectivity index (χ1n) is 8.83. The van der Waals surface area contributed by atoms with Gasteiger partial charge in [0.05, 0.1) is 0 Å². The molecule has 138 valence electrons. The van der Waals surface area contributed by atoms with Gasteiger partial charge in [-0.25, -0.2) is 4.98 Å². The van der Waals surface area contributed by atoms with E-state index in [9.17, 15) is 4.79 Å². The molecule has 2 aliphatic rings. The molecule has 2 aromatic rings. The van der Waals surface area contributed by atoms with Crippen LogP contribution >= 0.6 is 0 Å². The van der Waals surface area contributed by atoms with E-state index in [0.29, 0.717) is 5.82 Å². The molecule has 26 heavy (non-hydrogen) atoms. The van der Waals surface area contributed by atoms with Crippen LogP contribution in [0.25, 0.3) is 0 Å². The van der Waals surface area contributed by atoms with Gasteiger partial charge in [0, 0.05) is 56.5 Å². The number of rotatable bonds is 3. The number of anilines is 2. The van der Waals surface area contributed by atoms with Gasteiger partial charge >= 0.3 is 0 Å². The van der Waals surface area contributed by atoms with Crippen molar-refractivity contribution in [1.29, 1.82) is 0 Å². The molecule has 0 radical (unpaired) electrons. The molecule has 9 nitrogen and oxygen atoms in total. The quantitative estimate of drug-likeness (QED) is 0.782. The van der Waals surface area contributed by atoms with Crippen molar-refractivity contribution in [2.24, 2.45) is 0 Å². The second-order valence-electron chi connectivity index (χ2n) is 6.86. The van der Waals surface area contributed by atoms with Crippen LogP contribution in [-0.4, -0.2) is 63.7 Å². The predicted octanol–water partition coefficient (Wildman–Crippen LogP) is -0.115. The highest BCUT2D eigenvalue weighted by molar-refractivity contribution is 5.41. The van der Waals surface area contributed by atoms with Crippen LogP contribution in [0.1, 0.15) is 17.1 Å². The molecule has 0 spiro atoms. The Morgan fingerprint density at radius 3 is 2.73 bits per heavy atom. The SMILES string of the molecule is Cc1nc(C)c2c(n1)O[C@@H](CN1CCN(c3cc(=O)[nH]c(N)n3)CC1)C2. The van der Waals surface area contributed by atoms with Gasteiger partial charge in [-0.1, -0.05) is 0 Å². The van der Waals surface area contributed by atoms with Crippen molar-refractivity contribution >= 4 is 11.8 Å². The number of aromatic amines is 1. The average Bonchev–Trinajstić information content (AvgIpc) is 2.97. The third kappa shape index (κ3) is 3.34. The summed E-state index contributed by atoms with van der Waals surface area (Å²) in [5.74, 6) is 2.28. The minimum atomic E-state index is -0.223. The van der Waals surface area contributed by atoms with E-state index in [1.54, 1.807) is 0 Å². The van der Waals surface area contributed by atoms with Gasteiger partial charge < -0.3 is 15.4 Å². The zero-order valence-electron chi connectivity index (χ0n) is 15.0. The van der Waals surface area contributed by atoms with Crippen molar-refractivity contribution in [2.75, 3.05) is 43.4 Å². The minimum Gasteiger partial charge on any atom is -0.472 e. The molecule has 0 saturated carbocycles. The summed E-state index contributed by atoms with van der Waals surface area (Å²) in [6, 6.07) is 1.49. The number of fused-ring (bicyclic) bond motifs is 1. The van der Waals surface area contributed by atoms with Crippen LogP contribution in [0.3, 0.4) is 0 Å². The first-order valence-corrected chi connectivity index (χ1v) is 8.83. The molecule has 4 rings (SSSR count). The van der Waals surface area contributed by atoms with E-state index in [1.807, 2.05) is 13.8 Å². The molecular weight excluding hydrogens is 334 g/mol. The minimum absolute atomic E-state index is 0.111. The Kier molecular flexibility index (Phi) is 4.23. The number of ether oxygens (including phenoxy) is 1. The molecule has 1 fully saturated rings. The molecule has 3 N–H and O–H groups in total. The first-order chi connectivity index (χ1) is 12.5. The summed E-state index contributed by atoms with van der Waals surface area (Å²) in [6.07, 6.45) is 0.966. The van der Waals surface area contributed by atoms with Crippen molar-refractivity contribution < 1.29 is 4.74 Å². The van der Waals surface area contributed by atoms with E-state index in [1.165, 1.54) is 6.07 Å². The van der Waals surface area contributed by atoms with Crippen molar-refractivity contribution in [3.63, 3.8) is 0 Å². The molecule has 2 aliphatic heterocycles. The fourth-order valence-electron chi connectivity index (χ4n) is 3.64. The number of nitrogen functional groups attached to an aromatic ring is 1. The molecular formula is C17H23N7O2. The van der Waals surface area contributed by atoms with Gasteiger partial charge in [-0.15, -0.1) is 0 Å². The summed E-state index contributed by atoms with van der Waals surface area (Å²) in [5.41, 5.74) is 7.55. The number of hydrogen-bond acceptors (Lipinski definition) is 8. The standard InChI is InChI=1S/C17H23N7O2/c1-10-13-7-12(26-16(13)20-11(2)19-10)9-23-3-5-24(6-4-23)14-8-15(25)22-17(18)21-14/h8,12H,3-7,9H2,1-2H3,(H3,18,21,22,25)/t12-/m1/s1. The van der Waals surface area contributed by atoms with Crippen LogP contribution in [0, 0.1) is 13.8 Å². The van der Waals surface area contributed by atoms with E-state index in [4.69, 9.17) is 10.5 Å². The average molecular weight is 357 g/mol. The van der Waals surface area contributed by atoms with Crippen LogP contribution in [0.2, 0.25) is 0 Å². The van der Waals surface area contributed by atoms with E-state index in [0.717, 1.165) is 62.1 Å². The summed E-state index contributed by atoms with van der Waals surface area (Å²) in [6.45, 7) is 8.12. The summed E-state index contributed by atoms with van der Waals surface area (Å²) in [5, 5.41) is 0. The fourth-order valence-corrected chi connectivity index (χ4v) is 3.64. The Morgan fingerprint density at radius 2 is 2.00 bits per heavy atom. The fraction of sp³-hybridized carbons (Fsp3) is 0.529. The Morgan fingerprint density at radius 1 is 1.23 bits per heavy atom. The van der Waals surface area contributed by atoms with Crippen molar-refractivity contribution in [3.05, 3.63) is 33.5 Å². The molecule has 0 aliphatic carbocycles. The highest BCUT2D eigenvalue weighted by Crippen LogP contribution is 2.29. The monoisotopic (exact) mass is 357 g/mol. The highest BCUT2D eigenvalue weighted by Gasteiger charge is 2.29. The molecule has 0 amide bonds. The maximum absolute atomic E-state index is 11.6. The third-order valence-corrected chi connectivity index (χ3v) is 4.90. The molecule has 1 atom stereocenters. The largest absolute Gasteiger partial charge is 0.472 e. The predicted molar refractivity (Wildman–Crippen MR) is 97.5 cm³/mol. The molecule has 9 heteroatoms. The lowest BCUT2D eigenvalue weighted by molar-refractivity contribution is 0.141. The zero-order chi connectivity index (χ0) is 18.3. The number of nitrogens with zero attached hydrogens (tertiary/aromatic N) is 5. The van der Waals surface area contributed by atoms with Gasteiger partial charge in [-0.3, -0.25) is 14.7 Å². The van der Waals surface area contributed by atoms with Gasteiger partial charge in [0.15, 0.2) is 0 Å². The first kappa shape index (κ1) is 16.8. The van der Waals surface area contributed by atoms with Gasteiger partial charge in [-0.05, 0) is 13.8 Å². The van der Waals surface area contributed by atoms with Crippen LogP contribution < -0.4 is 20.9 Å². The number of nitrogens with one attached hydrogen (secondary N) is 1. The summed E-state index contributed by atoms with van der Waals surface area (Å²) < 4.78 is 6.03. The van der Waals surface area contributed by atoms with E-state index >= 15 is 0 Å². The van der Waals surface area contributed by atoms with Gasteiger partial charge in [0.2, 0.25) is 11.8 Å². The number of piperazine rings is 1. The van der Waals surface area contributed by atoms with Crippen LogP contribution in [0.15, 0.2) is 10.9 Å².